The summed E-state index contributed by atoms with van der Waals surface area (Å²) < 4.78 is 0. The van der Waals surface area contributed by atoms with Gasteiger partial charge in [0.1, 0.15) is 0 Å². The van der Waals surface area contributed by atoms with Crippen LogP contribution in [0.15, 0.2) is 43.2 Å². The first-order valence-corrected chi connectivity index (χ1v) is 9.48. The van der Waals surface area contributed by atoms with E-state index in [0.29, 0.717) is 6.42 Å². The average molecular weight is 330 g/mol. The first-order chi connectivity index (χ1) is 11.6. The number of benzene rings is 1. The van der Waals surface area contributed by atoms with Gasteiger partial charge >= 0.3 is 0 Å². The molecule has 1 rings (SSSR count). The number of aliphatic hydroxyl groups excluding tert-OH is 1. The van der Waals surface area contributed by atoms with Crippen molar-refractivity contribution in [2.24, 2.45) is 0 Å². The van der Waals surface area contributed by atoms with E-state index in [2.05, 4.69) is 49.7 Å². The molecule has 0 aliphatic heterocycles. The van der Waals surface area contributed by atoms with E-state index >= 15 is 0 Å². The summed E-state index contributed by atoms with van der Waals surface area (Å²) in [6, 6.07) is 8.73. The molecule has 0 heterocycles. The summed E-state index contributed by atoms with van der Waals surface area (Å²) in [6.07, 6.45) is 10.7. The molecule has 0 fully saturated rings. The van der Waals surface area contributed by atoms with Crippen molar-refractivity contribution in [3.8, 4) is 0 Å². The van der Waals surface area contributed by atoms with Crippen LogP contribution in [0.5, 0.6) is 0 Å². The van der Waals surface area contributed by atoms with Gasteiger partial charge in [0.15, 0.2) is 0 Å². The van der Waals surface area contributed by atoms with E-state index in [4.69, 9.17) is 5.11 Å². The zero-order valence-corrected chi connectivity index (χ0v) is 15.4. The van der Waals surface area contributed by atoms with Crippen LogP contribution in [0, 0.1) is 0 Å². The molecular weight excluding hydrogens is 294 g/mol. The largest absolute Gasteiger partial charge is 0.513 e. The molecule has 0 aliphatic carbocycles. The minimum Gasteiger partial charge on any atom is -0.513 e. The van der Waals surface area contributed by atoms with Gasteiger partial charge in [-0.1, -0.05) is 76.5 Å². The van der Waals surface area contributed by atoms with Crippen LogP contribution in [0.4, 0.5) is 0 Å². The maximum atomic E-state index is 9.04. The number of aliphatic hydroxyl groups is 1. The monoisotopic (exact) mass is 329 g/mol. The zero-order chi connectivity index (χ0) is 17.6. The Morgan fingerprint density at radius 2 is 1.58 bits per heavy atom. The molecule has 134 valence electrons. The van der Waals surface area contributed by atoms with Crippen molar-refractivity contribution < 1.29 is 5.11 Å². The fourth-order valence-electron chi connectivity index (χ4n) is 2.77. The van der Waals surface area contributed by atoms with Crippen molar-refractivity contribution in [1.29, 1.82) is 0 Å². The second kappa shape index (κ2) is 12.8. The lowest BCUT2D eigenvalue weighted by molar-refractivity contribution is 0.385. The van der Waals surface area contributed by atoms with Gasteiger partial charge < -0.3 is 10.4 Å². The van der Waals surface area contributed by atoms with Crippen molar-refractivity contribution in [2.75, 3.05) is 6.54 Å². The summed E-state index contributed by atoms with van der Waals surface area (Å²) in [5.41, 5.74) is 3.81. The molecular formula is C22H35NO. The van der Waals surface area contributed by atoms with Crippen molar-refractivity contribution >= 4 is 5.57 Å². The molecule has 2 nitrogen and oxygen atoms in total. The second-order valence-electron chi connectivity index (χ2n) is 6.66. The molecule has 1 aromatic carbocycles. The molecule has 0 saturated carbocycles. The number of allylic oxidation sites excluding steroid dienone is 2. The Balaban J connectivity index is 2.20. The van der Waals surface area contributed by atoms with Gasteiger partial charge in [-0.3, -0.25) is 0 Å². The van der Waals surface area contributed by atoms with Crippen molar-refractivity contribution in [1.82, 2.24) is 5.32 Å². The number of unbranched alkanes of at least 4 members (excludes halogenated alkanes) is 5. The highest BCUT2D eigenvalue weighted by Crippen LogP contribution is 2.20. The van der Waals surface area contributed by atoms with E-state index in [9.17, 15) is 0 Å². The third-order valence-electron chi connectivity index (χ3n) is 4.34. The maximum Gasteiger partial charge on any atom is 0.0851 e. The lowest BCUT2D eigenvalue weighted by atomic mass is 9.99. The van der Waals surface area contributed by atoms with Gasteiger partial charge in [-0.05, 0) is 42.5 Å². The van der Waals surface area contributed by atoms with Crippen LogP contribution >= 0.6 is 0 Å². The highest BCUT2D eigenvalue weighted by molar-refractivity contribution is 5.63. The third kappa shape index (κ3) is 9.57. The third-order valence-corrected chi connectivity index (χ3v) is 4.34. The van der Waals surface area contributed by atoms with E-state index in [0.717, 1.165) is 25.9 Å². The van der Waals surface area contributed by atoms with Gasteiger partial charge in [-0.15, -0.1) is 0 Å². The van der Waals surface area contributed by atoms with Crippen LogP contribution in [0.3, 0.4) is 0 Å². The quantitative estimate of drug-likeness (QED) is 0.306. The van der Waals surface area contributed by atoms with Crippen LogP contribution in [-0.4, -0.2) is 11.7 Å². The molecule has 0 saturated heterocycles. The Morgan fingerprint density at radius 3 is 2.25 bits per heavy atom. The van der Waals surface area contributed by atoms with Crippen LogP contribution in [0.25, 0.3) is 5.57 Å². The van der Waals surface area contributed by atoms with Gasteiger partial charge in [0.25, 0.3) is 0 Å². The highest BCUT2D eigenvalue weighted by atomic mass is 16.3. The fraction of sp³-hybridized carbons (Fsp3) is 0.545. The first kappa shape index (κ1) is 20.5. The van der Waals surface area contributed by atoms with Gasteiger partial charge in [0.05, 0.1) is 5.76 Å². The van der Waals surface area contributed by atoms with Crippen molar-refractivity contribution in [3.05, 3.63) is 54.3 Å². The molecule has 2 N–H and O–H groups in total. The average Bonchev–Trinajstić information content (AvgIpc) is 2.58. The van der Waals surface area contributed by atoms with Crippen molar-refractivity contribution in [2.45, 2.75) is 71.3 Å². The van der Waals surface area contributed by atoms with E-state index in [1.807, 2.05) is 0 Å². The normalized spacial score (nSPS) is 10.7. The van der Waals surface area contributed by atoms with E-state index < -0.39 is 0 Å². The molecule has 2 heteroatoms. The number of rotatable bonds is 14. The topological polar surface area (TPSA) is 32.3 Å². The lowest BCUT2D eigenvalue weighted by Crippen LogP contribution is -2.14. The van der Waals surface area contributed by atoms with Gasteiger partial charge in [0.2, 0.25) is 0 Å². The van der Waals surface area contributed by atoms with Crippen LogP contribution in [0.2, 0.25) is 0 Å². The Bertz CT molecular complexity index is 475. The van der Waals surface area contributed by atoms with Crippen LogP contribution < -0.4 is 5.32 Å². The first-order valence-electron chi connectivity index (χ1n) is 9.48. The van der Waals surface area contributed by atoms with E-state index in [1.165, 1.54) is 55.2 Å². The summed E-state index contributed by atoms with van der Waals surface area (Å²) in [5, 5.41) is 12.4. The van der Waals surface area contributed by atoms with E-state index in [-0.39, 0.29) is 5.76 Å². The van der Waals surface area contributed by atoms with Gasteiger partial charge in [-0.25, -0.2) is 0 Å². The molecule has 0 radical (unpaired) electrons. The van der Waals surface area contributed by atoms with Crippen molar-refractivity contribution in [3.63, 3.8) is 0 Å². The van der Waals surface area contributed by atoms with Gasteiger partial charge in [0, 0.05) is 13.0 Å². The molecule has 0 bridgehead atoms. The highest BCUT2D eigenvalue weighted by Gasteiger charge is 2.00. The molecule has 0 atom stereocenters. The lowest BCUT2D eigenvalue weighted by Gasteiger charge is -2.09. The summed E-state index contributed by atoms with van der Waals surface area (Å²) >= 11 is 0. The smallest absolute Gasteiger partial charge is 0.0851 e. The summed E-state index contributed by atoms with van der Waals surface area (Å²) in [6.45, 7) is 11.8. The molecule has 1 aromatic rings. The molecule has 0 amide bonds. The Morgan fingerprint density at radius 1 is 0.917 bits per heavy atom. The number of hydrogen-bond acceptors (Lipinski definition) is 2. The number of nitrogens with one attached hydrogen (secondary N) is 1. The Hall–Kier alpha value is -1.54. The minimum absolute atomic E-state index is 0.269. The van der Waals surface area contributed by atoms with E-state index in [1.54, 1.807) is 0 Å². The zero-order valence-electron chi connectivity index (χ0n) is 15.4. The Labute approximate surface area is 148 Å². The predicted molar refractivity (Wildman–Crippen MR) is 106 cm³/mol. The molecule has 0 aliphatic rings. The molecule has 0 spiro atoms. The van der Waals surface area contributed by atoms with Crippen LogP contribution in [0.1, 0.15) is 75.8 Å². The fourth-order valence-corrected chi connectivity index (χ4v) is 2.77. The second-order valence-corrected chi connectivity index (χ2v) is 6.66. The summed E-state index contributed by atoms with van der Waals surface area (Å²) in [4.78, 5) is 0. The summed E-state index contributed by atoms with van der Waals surface area (Å²) in [5.74, 6) is 0.269. The molecule has 0 unspecified atom stereocenters. The van der Waals surface area contributed by atoms with Gasteiger partial charge in [-0.2, -0.15) is 0 Å². The number of hydrogen-bond donors (Lipinski definition) is 2. The maximum absolute atomic E-state index is 9.04. The molecule has 0 aromatic heterocycles. The van der Waals surface area contributed by atoms with Crippen LogP contribution in [-0.2, 0) is 6.54 Å². The SMILES string of the molecule is C=C(O)CCCNCc1ccc(C(=C)CCCCCCCC)cc1. The predicted octanol–water partition coefficient (Wildman–Crippen LogP) is 6.39. The Kier molecular flexibility index (Phi) is 11.0. The molecule has 24 heavy (non-hydrogen) atoms. The summed E-state index contributed by atoms with van der Waals surface area (Å²) in [7, 11) is 0. The minimum atomic E-state index is 0.269. The standard InChI is InChI=1S/C22H35NO/c1-4-5-6-7-8-9-11-19(2)22-15-13-21(14-16-22)18-23-17-10-12-20(3)24/h13-16,23-24H,2-12,17-18H2,1H3.